The Labute approximate surface area is 257 Å². The van der Waals surface area contributed by atoms with Gasteiger partial charge >= 0.3 is 5.97 Å². The first kappa shape index (κ1) is 30.3. The number of hydrogen-bond acceptors (Lipinski definition) is 10. The van der Waals surface area contributed by atoms with Crippen molar-refractivity contribution in [3.63, 3.8) is 0 Å². The van der Waals surface area contributed by atoms with Crippen LogP contribution < -0.4 is 23.7 Å². The summed E-state index contributed by atoms with van der Waals surface area (Å²) in [7, 11) is 1.05. The summed E-state index contributed by atoms with van der Waals surface area (Å²) in [4.78, 5) is 15.5. The zero-order chi connectivity index (χ0) is 31.0. The molecule has 13 heteroatoms. The second-order valence-corrected chi connectivity index (χ2v) is 13.1. The van der Waals surface area contributed by atoms with Gasteiger partial charge in [0.25, 0.3) is 10.0 Å². The molecule has 12 nitrogen and oxygen atoms in total. The summed E-state index contributed by atoms with van der Waals surface area (Å²) in [5.74, 6) is 1.44. The number of likely N-dealkylation sites (tertiary alicyclic amines) is 1. The lowest BCUT2D eigenvalue weighted by atomic mass is 9.66. The van der Waals surface area contributed by atoms with E-state index in [-0.39, 0.29) is 31.9 Å². The molecule has 1 aliphatic carbocycles. The van der Waals surface area contributed by atoms with E-state index < -0.39 is 28.0 Å². The number of esters is 1. The molecule has 0 N–H and O–H groups in total. The highest BCUT2D eigenvalue weighted by atomic mass is 32.2. The van der Waals surface area contributed by atoms with Crippen LogP contribution in [0.2, 0.25) is 0 Å². The topological polar surface area (TPSA) is 131 Å². The first-order valence-electron chi connectivity index (χ1n) is 14.8. The molecule has 0 aromatic heterocycles. The van der Waals surface area contributed by atoms with E-state index in [0.29, 0.717) is 41.0 Å². The molecule has 3 heterocycles. The van der Waals surface area contributed by atoms with E-state index >= 15 is 0 Å². The molecule has 4 atom stereocenters. The fraction of sp³-hybridized carbons (Fsp3) is 0.548. The predicted octanol–water partition coefficient (Wildman–Crippen LogP) is 3.67. The number of rotatable bonds is 9. The molecule has 3 aliphatic heterocycles. The summed E-state index contributed by atoms with van der Waals surface area (Å²) < 4.78 is 68.9. The summed E-state index contributed by atoms with van der Waals surface area (Å²) in [5, 5.41) is 0. The van der Waals surface area contributed by atoms with E-state index in [2.05, 4.69) is 4.40 Å². The van der Waals surface area contributed by atoms with Gasteiger partial charge in [-0.3, -0.25) is 4.79 Å². The second-order valence-electron chi connectivity index (χ2n) is 11.4. The van der Waals surface area contributed by atoms with Crippen molar-refractivity contribution in [3.8, 4) is 28.7 Å². The molecule has 0 unspecified atom stereocenters. The minimum atomic E-state index is -3.59. The van der Waals surface area contributed by atoms with Crippen LogP contribution >= 0.6 is 0 Å². The number of carbonyl (C=O) groups excluding carboxylic acids is 1. The standard InChI is InChI=1S/C31H38N2O10S/c1-37-24-12-18(13-25(38-2)30(24)39-3)27-19-14-22-23(43-17-42-22)15-20(19)29(21-16-41-31(34)28(21)27)40-11-8-26(32-44(4,35)36)33-9-6-5-7-10-33/h12-15,21,27-29H,5-11,16-17H2,1-4H3/t21-,27+,28-,29+/m0/s1. The molecule has 2 aromatic carbocycles. The molecule has 0 radical (unpaired) electrons. The molecule has 238 valence electrons. The lowest BCUT2D eigenvalue weighted by molar-refractivity contribution is -0.141. The van der Waals surface area contributed by atoms with E-state index in [0.717, 1.165) is 55.3 Å². The number of sulfonamides is 1. The molecule has 6 rings (SSSR count). The molecular weight excluding hydrogens is 592 g/mol. The summed E-state index contributed by atoms with van der Waals surface area (Å²) in [6, 6.07) is 7.55. The number of methoxy groups -OCH3 is 3. The maximum atomic E-state index is 13.4. The zero-order valence-corrected chi connectivity index (χ0v) is 26.2. The van der Waals surface area contributed by atoms with Crippen LogP contribution in [0.4, 0.5) is 0 Å². The monoisotopic (exact) mass is 630 g/mol. The minimum absolute atomic E-state index is 0.0919. The Morgan fingerprint density at radius 3 is 2.20 bits per heavy atom. The van der Waals surface area contributed by atoms with Crippen LogP contribution in [0.5, 0.6) is 28.7 Å². The Morgan fingerprint density at radius 1 is 0.932 bits per heavy atom. The highest BCUT2D eigenvalue weighted by Crippen LogP contribution is 2.56. The number of fused-ring (bicyclic) bond motifs is 3. The summed E-state index contributed by atoms with van der Waals surface area (Å²) in [5.41, 5.74) is 2.49. The molecule has 2 saturated heterocycles. The lowest BCUT2D eigenvalue weighted by Gasteiger charge is -2.39. The van der Waals surface area contributed by atoms with Crippen molar-refractivity contribution in [1.82, 2.24) is 4.90 Å². The molecule has 0 bridgehead atoms. The molecule has 0 saturated carbocycles. The van der Waals surface area contributed by atoms with Gasteiger partial charge in [0.05, 0.1) is 52.8 Å². The largest absolute Gasteiger partial charge is 0.493 e. The summed E-state index contributed by atoms with van der Waals surface area (Å²) in [6.07, 6.45) is 3.98. The number of piperidine rings is 1. The Kier molecular flexibility index (Phi) is 8.51. The van der Waals surface area contributed by atoms with Crippen molar-refractivity contribution < 1.29 is 46.4 Å². The Hall–Kier alpha value is -3.71. The molecule has 0 amide bonds. The van der Waals surface area contributed by atoms with Gasteiger partial charge in [-0.05, 0) is 60.2 Å². The van der Waals surface area contributed by atoms with Crippen LogP contribution in [-0.4, -0.2) is 85.8 Å². The molecule has 2 aromatic rings. The third-order valence-corrected chi connectivity index (χ3v) is 9.32. The number of carbonyl (C=O) groups is 1. The number of nitrogens with zero attached hydrogens (tertiary/aromatic N) is 2. The van der Waals surface area contributed by atoms with Crippen LogP contribution in [0.1, 0.15) is 54.4 Å². The Bertz CT molecular complexity index is 1530. The van der Waals surface area contributed by atoms with Crippen molar-refractivity contribution in [2.45, 2.75) is 37.7 Å². The van der Waals surface area contributed by atoms with Gasteiger partial charge in [-0.1, -0.05) is 0 Å². The van der Waals surface area contributed by atoms with Crippen molar-refractivity contribution in [1.29, 1.82) is 0 Å². The van der Waals surface area contributed by atoms with E-state index in [9.17, 15) is 13.2 Å². The number of hydrogen-bond donors (Lipinski definition) is 0. The molecule has 44 heavy (non-hydrogen) atoms. The quantitative estimate of drug-likeness (QED) is 0.228. The van der Waals surface area contributed by atoms with Gasteiger partial charge in [-0.2, -0.15) is 4.40 Å². The van der Waals surface area contributed by atoms with Crippen LogP contribution in [0.3, 0.4) is 0 Å². The van der Waals surface area contributed by atoms with E-state index in [4.69, 9.17) is 33.2 Å². The first-order valence-corrected chi connectivity index (χ1v) is 16.6. The number of amidine groups is 1. The van der Waals surface area contributed by atoms with Gasteiger partial charge in [0, 0.05) is 31.3 Å². The van der Waals surface area contributed by atoms with Crippen LogP contribution in [0.15, 0.2) is 28.7 Å². The average Bonchev–Trinajstić information content (AvgIpc) is 3.64. The number of benzene rings is 2. The third kappa shape index (κ3) is 5.74. The van der Waals surface area contributed by atoms with Gasteiger partial charge in [-0.15, -0.1) is 0 Å². The predicted molar refractivity (Wildman–Crippen MR) is 159 cm³/mol. The van der Waals surface area contributed by atoms with E-state index in [1.807, 2.05) is 29.2 Å². The van der Waals surface area contributed by atoms with Crippen LogP contribution in [0.25, 0.3) is 0 Å². The molecular formula is C31H38N2O10S. The fourth-order valence-corrected chi connectivity index (χ4v) is 7.48. The first-order chi connectivity index (χ1) is 21.2. The van der Waals surface area contributed by atoms with E-state index in [1.54, 1.807) is 21.3 Å². The number of cyclic esters (lactones) is 1. The maximum absolute atomic E-state index is 13.4. The second kappa shape index (κ2) is 12.4. The van der Waals surface area contributed by atoms with Crippen molar-refractivity contribution in [2.24, 2.45) is 16.2 Å². The van der Waals surface area contributed by atoms with Gasteiger partial charge in [-0.25, -0.2) is 8.42 Å². The highest BCUT2D eigenvalue weighted by Gasteiger charge is 2.53. The van der Waals surface area contributed by atoms with Gasteiger partial charge in [0.15, 0.2) is 23.0 Å². The van der Waals surface area contributed by atoms with Gasteiger partial charge in [0.1, 0.15) is 5.84 Å². The van der Waals surface area contributed by atoms with E-state index in [1.165, 1.54) is 0 Å². The van der Waals surface area contributed by atoms with Crippen molar-refractivity contribution in [2.75, 3.05) is 60.7 Å². The molecule has 0 spiro atoms. The summed E-state index contributed by atoms with van der Waals surface area (Å²) in [6.45, 7) is 1.99. The average molecular weight is 631 g/mol. The van der Waals surface area contributed by atoms with Gasteiger partial charge < -0.3 is 38.1 Å². The Morgan fingerprint density at radius 2 is 1.59 bits per heavy atom. The minimum Gasteiger partial charge on any atom is -0.493 e. The maximum Gasteiger partial charge on any atom is 0.310 e. The van der Waals surface area contributed by atoms with Crippen molar-refractivity contribution >= 4 is 21.8 Å². The molecule has 2 fully saturated rings. The van der Waals surface area contributed by atoms with Gasteiger partial charge in [0.2, 0.25) is 12.5 Å². The normalized spacial score (nSPS) is 24.4. The highest BCUT2D eigenvalue weighted by molar-refractivity contribution is 7.89. The smallest absolute Gasteiger partial charge is 0.310 e. The summed E-state index contributed by atoms with van der Waals surface area (Å²) >= 11 is 0. The van der Waals surface area contributed by atoms with Crippen LogP contribution in [-0.2, 0) is 24.3 Å². The Balaban J connectivity index is 1.39. The zero-order valence-electron chi connectivity index (χ0n) is 25.4. The van der Waals surface area contributed by atoms with Crippen LogP contribution in [0, 0.1) is 11.8 Å². The fourth-order valence-electron chi connectivity index (χ4n) is 6.89. The van der Waals surface area contributed by atoms with Crippen molar-refractivity contribution in [3.05, 3.63) is 41.0 Å². The molecule has 4 aliphatic rings. The SMILES string of the molecule is COc1cc([C@@H]2c3cc4c(cc3[C@@H](OCCC(=NS(C)(=O)=O)N3CCCCC3)[C@H]3COC(=O)[C@H]23)OCO4)cc(OC)c1OC. The third-order valence-electron chi connectivity index (χ3n) is 8.78. The lowest BCUT2D eigenvalue weighted by Crippen LogP contribution is -2.38. The number of ether oxygens (including phenoxy) is 7.